The van der Waals surface area contributed by atoms with E-state index in [0.29, 0.717) is 6.92 Å². The molecule has 0 spiro atoms. The summed E-state index contributed by atoms with van der Waals surface area (Å²) in [6, 6.07) is 0. The summed E-state index contributed by atoms with van der Waals surface area (Å²) in [5.74, 6) is -2.76. The molecule has 0 aromatic rings. The highest BCUT2D eigenvalue weighted by atomic mass is 19.4. The molecule has 0 amide bonds. The molecular formula is C7H10F6O. The molecule has 0 rings (SSSR count). The quantitative estimate of drug-likeness (QED) is 0.662. The summed E-state index contributed by atoms with van der Waals surface area (Å²) in [4.78, 5) is 0. The van der Waals surface area contributed by atoms with Gasteiger partial charge in [0.15, 0.2) is 0 Å². The number of alkyl halides is 6. The Labute approximate surface area is 77.0 Å². The van der Waals surface area contributed by atoms with Crippen LogP contribution < -0.4 is 0 Å². The highest BCUT2D eigenvalue weighted by molar-refractivity contribution is 4.66. The highest BCUT2D eigenvalue weighted by Gasteiger charge is 2.48. The summed E-state index contributed by atoms with van der Waals surface area (Å²) in [5, 5.41) is 0. The van der Waals surface area contributed by atoms with Gasteiger partial charge in [0, 0.05) is 6.42 Å². The fraction of sp³-hybridized carbons (Fsp3) is 1.00. The summed E-state index contributed by atoms with van der Waals surface area (Å²) in [6.45, 7) is 1.83. The van der Waals surface area contributed by atoms with Crippen LogP contribution in [-0.2, 0) is 4.74 Å². The van der Waals surface area contributed by atoms with Crippen molar-refractivity contribution in [3.05, 3.63) is 0 Å². The Morgan fingerprint density at radius 1 is 1.00 bits per heavy atom. The van der Waals surface area contributed by atoms with Crippen molar-refractivity contribution in [3.8, 4) is 0 Å². The molecule has 0 aromatic heterocycles. The van der Waals surface area contributed by atoms with Gasteiger partial charge in [0.1, 0.15) is 6.42 Å². The van der Waals surface area contributed by atoms with Crippen molar-refractivity contribution in [1.82, 2.24) is 0 Å². The first kappa shape index (κ1) is 13.5. The Balaban J connectivity index is 4.35. The molecule has 1 atom stereocenters. The molecule has 0 N–H and O–H groups in total. The van der Waals surface area contributed by atoms with Crippen LogP contribution in [0.1, 0.15) is 26.7 Å². The van der Waals surface area contributed by atoms with Gasteiger partial charge < -0.3 is 0 Å². The average Bonchev–Trinajstić information content (AvgIpc) is 1.78. The van der Waals surface area contributed by atoms with Crippen LogP contribution in [-0.4, -0.2) is 18.1 Å². The van der Waals surface area contributed by atoms with Gasteiger partial charge in [0.2, 0.25) is 5.85 Å². The Kier molecular flexibility index (Phi) is 3.83. The van der Waals surface area contributed by atoms with Gasteiger partial charge in [0.25, 0.3) is 0 Å². The third kappa shape index (κ3) is 6.06. The maximum Gasteiger partial charge on any atom is 0.397 e. The molecule has 7 heteroatoms. The van der Waals surface area contributed by atoms with Crippen molar-refractivity contribution >= 4 is 0 Å². The summed E-state index contributed by atoms with van der Waals surface area (Å²) < 4.78 is 75.7. The lowest BCUT2D eigenvalue weighted by Crippen LogP contribution is -2.37. The average molecular weight is 224 g/mol. The monoisotopic (exact) mass is 224 g/mol. The fourth-order valence-electron chi connectivity index (χ4n) is 0.653. The number of hydrogen-bond acceptors (Lipinski definition) is 1. The predicted molar refractivity (Wildman–Crippen MR) is 36.5 cm³/mol. The molecule has 14 heavy (non-hydrogen) atoms. The molecule has 0 aliphatic carbocycles. The van der Waals surface area contributed by atoms with Crippen molar-refractivity contribution in [2.24, 2.45) is 0 Å². The van der Waals surface area contributed by atoms with Crippen LogP contribution in [0.4, 0.5) is 26.3 Å². The summed E-state index contributed by atoms with van der Waals surface area (Å²) in [5.41, 5.74) is 0. The summed E-state index contributed by atoms with van der Waals surface area (Å²) in [6.07, 6.45) is -12.6. The Bertz CT molecular complexity index is 185. The highest BCUT2D eigenvalue weighted by Crippen LogP contribution is 2.36. The van der Waals surface area contributed by atoms with Crippen molar-refractivity contribution in [3.63, 3.8) is 0 Å². The van der Waals surface area contributed by atoms with E-state index in [1.807, 2.05) is 0 Å². The van der Waals surface area contributed by atoms with E-state index in [0.717, 1.165) is 0 Å². The van der Waals surface area contributed by atoms with Crippen LogP contribution in [0.3, 0.4) is 0 Å². The number of ether oxygens (including phenoxy) is 1. The molecule has 0 fully saturated rings. The zero-order chi connectivity index (χ0) is 11.6. The van der Waals surface area contributed by atoms with Gasteiger partial charge in [0.05, 0.1) is 0 Å². The van der Waals surface area contributed by atoms with Crippen LogP contribution in [0.15, 0.2) is 0 Å². The fourth-order valence-corrected chi connectivity index (χ4v) is 0.653. The molecule has 0 saturated carbocycles. The minimum atomic E-state index is -5.09. The lowest BCUT2D eigenvalue weighted by molar-refractivity contribution is -0.354. The van der Waals surface area contributed by atoms with Gasteiger partial charge in [-0.2, -0.15) is 22.0 Å². The normalized spacial score (nSPS) is 18.0. The summed E-state index contributed by atoms with van der Waals surface area (Å²) in [7, 11) is 0. The standard InChI is InChI=1S/C7H10F6O/c1-3-5(2,8)14-7(12,13)4-6(9,10)11/h3-4H2,1-2H3. The van der Waals surface area contributed by atoms with Gasteiger partial charge in [-0.05, 0) is 6.92 Å². The van der Waals surface area contributed by atoms with Gasteiger partial charge in [-0.1, -0.05) is 6.92 Å². The van der Waals surface area contributed by atoms with Crippen LogP contribution in [0.5, 0.6) is 0 Å². The minimum absolute atomic E-state index is 0.458. The maximum absolute atomic E-state index is 12.8. The number of hydrogen-bond donors (Lipinski definition) is 0. The molecule has 1 unspecified atom stereocenters. The predicted octanol–water partition coefficient (Wildman–Crippen LogP) is 3.64. The first-order valence-electron chi connectivity index (χ1n) is 3.81. The largest absolute Gasteiger partial charge is 0.397 e. The molecule has 0 aliphatic rings. The second-order valence-corrected chi connectivity index (χ2v) is 2.99. The first-order chi connectivity index (χ1) is 5.97. The van der Waals surface area contributed by atoms with E-state index in [4.69, 9.17) is 0 Å². The van der Waals surface area contributed by atoms with Crippen LogP contribution in [0.2, 0.25) is 0 Å². The Morgan fingerprint density at radius 3 is 1.71 bits per heavy atom. The Morgan fingerprint density at radius 2 is 1.43 bits per heavy atom. The van der Waals surface area contributed by atoms with E-state index in [1.165, 1.54) is 6.92 Å². The zero-order valence-electron chi connectivity index (χ0n) is 7.59. The molecule has 86 valence electrons. The first-order valence-corrected chi connectivity index (χ1v) is 3.81. The summed E-state index contributed by atoms with van der Waals surface area (Å²) >= 11 is 0. The van der Waals surface area contributed by atoms with Gasteiger partial charge in [-0.25, -0.2) is 4.39 Å². The molecule has 0 aliphatic heterocycles. The molecular weight excluding hydrogens is 214 g/mol. The van der Waals surface area contributed by atoms with E-state index >= 15 is 0 Å². The maximum atomic E-state index is 12.8. The molecule has 0 saturated heterocycles. The molecule has 1 nitrogen and oxygen atoms in total. The smallest absolute Gasteiger partial charge is 0.283 e. The molecule has 0 radical (unpaired) electrons. The van der Waals surface area contributed by atoms with Crippen molar-refractivity contribution < 1.29 is 31.1 Å². The van der Waals surface area contributed by atoms with E-state index < -0.39 is 31.0 Å². The van der Waals surface area contributed by atoms with Crippen LogP contribution >= 0.6 is 0 Å². The lowest BCUT2D eigenvalue weighted by Gasteiger charge is -2.26. The van der Waals surface area contributed by atoms with Gasteiger partial charge >= 0.3 is 12.3 Å². The number of rotatable bonds is 4. The Hall–Kier alpha value is -0.460. The molecule has 0 aromatic carbocycles. The van der Waals surface area contributed by atoms with Gasteiger partial charge in [-0.15, -0.1) is 0 Å². The van der Waals surface area contributed by atoms with Crippen molar-refractivity contribution in [2.75, 3.05) is 0 Å². The topological polar surface area (TPSA) is 9.23 Å². The molecule has 0 heterocycles. The second-order valence-electron chi connectivity index (χ2n) is 2.99. The third-order valence-corrected chi connectivity index (χ3v) is 1.40. The van der Waals surface area contributed by atoms with Crippen molar-refractivity contribution in [2.45, 2.75) is 44.8 Å². The SMILES string of the molecule is CCC(C)(F)OC(F)(F)CC(F)(F)F. The third-order valence-electron chi connectivity index (χ3n) is 1.40. The van der Waals surface area contributed by atoms with Crippen LogP contribution in [0, 0.1) is 0 Å². The minimum Gasteiger partial charge on any atom is -0.283 e. The van der Waals surface area contributed by atoms with Gasteiger partial charge in [-0.3, -0.25) is 4.74 Å². The van der Waals surface area contributed by atoms with E-state index in [9.17, 15) is 26.3 Å². The van der Waals surface area contributed by atoms with E-state index in [1.54, 1.807) is 0 Å². The van der Waals surface area contributed by atoms with E-state index in [2.05, 4.69) is 4.74 Å². The van der Waals surface area contributed by atoms with E-state index in [-0.39, 0.29) is 0 Å². The lowest BCUT2D eigenvalue weighted by atomic mass is 10.2. The second kappa shape index (κ2) is 3.96. The van der Waals surface area contributed by atoms with Crippen LogP contribution in [0.25, 0.3) is 0 Å². The number of halogens is 6. The molecule has 0 bridgehead atoms. The zero-order valence-corrected chi connectivity index (χ0v) is 7.59. The van der Waals surface area contributed by atoms with Crippen molar-refractivity contribution in [1.29, 1.82) is 0 Å².